The van der Waals surface area contributed by atoms with E-state index in [2.05, 4.69) is 23.8 Å². The maximum absolute atomic E-state index is 5.78. The number of furan rings is 1. The fraction of sp³-hybridized carbons (Fsp3) is 0.385. The van der Waals surface area contributed by atoms with E-state index in [4.69, 9.17) is 10.2 Å². The maximum Gasteiger partial charge on any atom is 0.197 e. The second kappa shape index (κ2) is 4.57. The number of hydrogen-bond donors (Lipinski definition) is 1. The average molecular weight is 231 g/mol. The van der Waals surface area contributed by atoms with Gasteiger partial charge in [0.15, 0.2) is 11.6 Å². The van der Waals surface area contributed by atoms with Crippen molar-refractivity contribution in [3.63, 3.8) is 0 Å². The van der Waals surface area contributed by atoms with Crippen LogP contribution in [0.5, 0.6) is 0 Å². The van der Waals surface area contributed by atoms with Gasteiger partial charge in [-0.15, -0.1) is 0 Å². The minimum absolute atomic E-state index is 0.319. The van der Waals surface area contributed by atoms with Gasteiger partial charge in [0, 0.05) is 18.2 Å². The van der Waals surface area contributed by atoms with Crippen LogP contribution in [0.4, 0.5) is 5.82 Å². The second-order valence-corrected chi connectivity index (χ2v) is 4.32. The molecule has 0 unspecified atom stereocenters. The molecule has 0 spiro atoms. The summed E-state index contributed by atoms with van der Waals surface area (Å²) in [6.45, 7) is 6.19. The Balaban J connectivity index is 2.44. The van der Waals surface area contributed by atoms with Crippen molar-refractivity contribution >= 4 is 5.82 Å². The molecule has 4 heteroatoms. The zero-order chi connectivity index (χ0) is 12.4. The van der Waals surface area contributed by atoms with Gasteiger partial charge in [0.05, 0.1) is 0 Å². The predicted molar refractivity (Wildman–Crippen MR) is 67.6 cm³/mol. The molecule has 0 saturated carbocycles. The lowest BCUT2D eigenvalue weighted by Crippen LogP contribution is -2.01. The first-order valence-electron chi connectivity index (χ1n) is 5.83. The number of nitrogen functional groups attached to an aromatic ring is 1. The van der Waals surface area contributed by atoms with Crippen LogP contribution in [0.3, 0.4) is 0 Å². The van der Waals surface area contributed by atoms with E-state index in [-0.39, 0.29) is 0 Å². The summed E-state index contributed by atoms with van der Waals surface area (Å²) in [5.74, 6) is 2.97. The fourth-order valence-corrected chi connectivity index (χ4v) is 1.58. The molecule has 0 aliphatic heterocycles. The van der Waals surface area contributed by atoms with Crippen molar-refractivity contribution in [2.45, 2.75) is 33.1 Å². The van der Waals surface area contributed by atoms with Gasteiger partial charge in [0.2, 0.25) is 0 Å². The first kappa shape index (κ1) is 11.6. The molecule has 0 aliphatic carbocycles. The molecule has 2 N–H and O–H groups in total. The Morgan fingerprint density at radius 1 is 1.29 bits per heavy atom. The molecule has 0 aliphatic rings. The van der Waals surface area contributed by atoms with Crippen LogP contribution in [-0.2, 0) is 6.42 Å². The molecule has 17 heavy (non-hydrogen) atoms. The number of hydrogen-bond acceptors (Lipinski definition) is 4. The summed E-state index contributed by atoms with van der Waals surface area (Å²) >= 11 is 0. The highest BCUT2D eigenvalue weighted by Crippen LogP contribution is 2.22. The van der Waals surface area contributed by atoms with Crippen LogP contribution in [0.25, 0.3) is 11.6 Å². The lowest BCUT2D eigenvalue weighted by atomic mass is 10.1. The number of rotatable bonds is 3. The van der Waals surface area contributed by atoms with Gasteiger partial charge in [-0.2, -0.15) is 0 Å². The van der Waals surface area contributed by atoms with Crippen molar-refractivity contribution in [3.8, 4) is 11.6 Å². The van der Waals surface area contributed by atoms with Crippen LogP contribution in [0.1, 0.15) is 38.1 Å². The summed E-state index contributed by atoms with van der Waals surface area (Å²) in [5.41, 5.74) is 6.71. The Morgan fingerprint density at radius 2 is 2.06 bits per heavy atom. The molecule has 0 amide bonds. The number of anilines is 1. The van der Waals surface area contributed by atoms with Crippen molar-refractivity contribution in [2.24, 2.45) is 0 Å². The predicted octanol–water partition coefficient (Wildman–Crippen LogP) is 3.00. The van der Waals surface area contributed by atoms with Gasteiger partial charge < -0.3 is 10.2 Å². The van der Waals surface area contributed by atoms with E-state index < -0.39 is 0 Å². The van der Waals surface area contributed by atoms with Crippen LogP contribution in [0, 0.1) is 0 Å². The Kier molecular flexibility index (Phi) is 3.13. The van der Waals surface area contributed by atoms with Gasteiger partial charge >= 0.3 is 0 Å². The van der Waals surface area contributed by atoms with Crippen molar-refractivity contribution in [3.05, 3.63) is 29.7 Å². The van der Waals surface area contributed by atoms with Gasteiger partial charge in [-0.1, -0.05) is 20.8 Å². The fourth-order valence-electron chi connectivity index (χ4n) is 1.58. The van der Waals surface area contributed by atoms with Gasteiger partial charge in [0.1, 0.15) is 11.6 Å². The molecule has 2 aromatic rings. The highest BCUT2D eigenvalue weighted by atomic mass is 16.3. The summed E-state index contributed by atoms with van der Waals surface area (Å²) in [6.07, 6.45) is 0.860. The van der Waals surface area contributed by atoms with Crippen LogP contribution >= 0.6 is 0 Å². The van der Waals surface area contributed by atoms with Crippen LogP contribution in [0.2, 0.25) is 0 Å². The molecule has 4 nitrogen and oxygen atoms in total. The minimum Gasteiger partial charge on any atom is -0.458 e. The largest absolute Gasteiger partial charge is 0.458 e. The van der Waals surface area contributed by atoms with Crippen LogP contribution < -0.4 is 5.73 Å². The molecule has 0 atom stereocenters. The monoisotopic (exact) mass is 231 g/mol. The summed E-state index contributed by atoms with van der Waals surface area (Å²) in [7, 11) is 0. The van der Waals surface area contributed by atoms with Gasteiger partial charge in [-0.05, 0) is 18.1 Å². The first-order chi connectivity index (χ1) is 8.10. The Bertz CT molecular complexity index is 517. The van der Waals surface area contributed by atoms with E-state index >= 15 is 0 Å². The molecule has 0 radical (unpaired) electrons. The number of nitrogens with zero attached hydrogens (tertiary/aromatic N) is 2. The first-order valence-corrected chi connectivity index (χ1v) is 5.83. The maximum atomic E-state index is 5.78. The standard InChI is InChI=1S/C13H17N3O/c1-4-9-5-6-11(17-9)13-15-10(8(2)3)7-12(14)16-13/h5-8H,4H2,1-3H3,(H2,14,15,16). The van der Waals surface area contributed by atoms with E-state index in [1.807, 2.05) is 19.1 Å². The lowest BCUT2D eigenvalue weighted by Gasteiger charge is -2.06. The van der Waals surface area contributed by atoms with Crippen LogP contribution in [0.15, 0.2) is 22.6 Å². The second-order valence-electron chi connectivity index (χ2n) is 4.32. The molecule has 0 fully saturated rings. The SMILES string of the molecule is CCc1ccc(-c2nc(N)cc(C(C)C)n2)o1. The summed E-state index contributed by atoms with van der Waals surface area (Å²) < 4.78 is 5.63. The molecule has 90 valence electrons. The summed E-state index contributed by atoms with van der Waals surface area (Å²) in [4.78, 5) is 8.67. The third-order valence-corrected chi connectivity index (χ3v) is 2.59. The Morgan fingerprint density at radius 3 is 2.65 bits per heavy atom. The van der Waals surface area contributed by atoms with Gasteiger partial charge in [-0.3, -0.25) is 0 Å². The topological polar surface area (TPSA) is 64.9 Å². The highest BCUT2D eigenvalue weighted by Gasteiger charge is 2.11. The minimum atomic E-state index is 0.319. The number of aromatic nitrogens is 2. The van der Waals surface area contributed by atoms with E-state index in [1.54, 1.807) is 6.07 Å². The highest BCUT2D eigenvalue weighted by molar-refractivity contribution is 5.51. The number of aryl methyl sites for hydroxylation is 1. The Labute approximate surface area is 101 Å². The van der Waals surface area contributed by atoms with Gasteiger partial charge in [-0.25, -0.2) is 9.97 Å². The van der Waals surface area contributed by atoms with Crippen molar-refractivity contribution in [2.75, 3.05) is 5.73 Å². The van der Waals surface area contributed by atoms with E-state index in [0.717, 1.165) is 17.9 Å². The molecule has 2 heterocycles. The molecule has 0 aromatic carbocycles. The van der Waals surface area contributed by atoms with Gasteiger partial charge in [0.25, 0.3) is 0 Å². The smallest absolute Gasteiger partial charge is 0.197 e. The number of nitrogens with two attached hydrogens (primary N) is 1. The van der Waals surface area contributed by atoms with Crippen molar-refractivity contribution < 1.29 is 4.42 Å². The lowest BCUT2D eigenvalue weighted by molar-refractivity contribution is 0.525. The zero-order valence-corrected chi connectivity index (χ0v) is 10.4. The average Bonchev–Trinajstić information content (AvgIpc) is 2.76. The zero-order valence-electron chi connectivity index (χ0n) is 10.4. The molecule has 2 aromatic heterocycles. The van der Waals surface area contributed by atoms with E-state index in [1.165, 1.54) is 0 Å². The molecule has 0 saturated heterocycles. The quantitative estimate of drug-likeness (QED) is 0.881. The molecule has 0 bridgehead atoms. The Hall–Kier alpha value is -1.84. The normalized spacial score (nSPS) is 11.1. The molecular weight excluding hydrogens is 214 g/mol. The molecular formula is C13H17N3O. The van der Waals surface area contributed by atoms with E-state index in [0.29, 0.717) is 23.3 Å². The third-order valence-electron chi connectivity index (χ3n) is 2.59. The summed E-state index contributed by atoms with van der Waals surface area (Å²) in [6, 6.07) is 5.63. The van der Waals surface area contributed by atoms with E-state index in [9.17, 15) is 0 Å². The van der Waals surface area contributed by atoms with Crippen LogP contribution in [-0.4, -0.2) is 9.97 Å². The van der Waals surface area contributed by atoms with Crippen molar-refractivity contribution in [1.29, 1.82) is 0 Å². The molecule has 2 rings (SSSR count). The van der Waals surface area contributed by atoms with Crippen molar-refractivity contribution in [1.82, 2.24) is 9.97 Å². The third kappa shape index (κ3) is 2.46. The summed E-state index contributed by atoms with van der Waals surface area (Å²) in [5, 5.41) is 0.